The highest BCUT2D eigenvalue weighted by molar-refractivity contribution is 6.06. The van der Waals surface area contributed by atoms with Crippen LogP contribution < -0.4 is 0 Å². The van der Waals surface area contributed by atoms with E-state index in [1.54, 1.807) is 0 Å². The first-order valence-corrected chi connectivity index (χ1v) is 13.2. The van der Waals surface area contributed by atoms with Crippen LogP contribution in [0.2, 0.25) is 0 Å². The minimum atomic E-state index is 1.21. The molecular weight excluding hydrogens is 456 g/mol. The maximum Gasteiger partial charge on any atom is -0.0171 e. The van der Waals surface area contributed by atoms with Crippen LogP contribution in [0.15, 0.2) is 133 Å². The number of benzene rings is 8. The van der Waals surface area contributed by atoms with Gasteiger partial charge in [-0.15, -0.1) is 0 Å². The Morgan fingerprint density at radius 2 is 0.500 bits per heavy atom. The van der Waals surface area contributed by atoms with Crippen molar-refractivity contribution in [2.75, 3.05) is 0 Å². The Morgan fingerprint density at radius 3 is 0.842 bits per heavy atom. The highest BCUT2D eigenvalue weighted by Crippen LogP contribution is 2.30. The molecule has 0 fully saturated rings. The van der Waals surface area contributed by atoms with E-state index in [9.17, 15) is 0 Å². The van der Waals surface area contributed by atoms with Crippen LogP contribution in [-0.2, 0) is 0 Å². The van der Waals surface area contributed by atoms with Gasteiger partial charge in [0.05, 0.1) is 0 Å². The predicted molar refractivity (Wildman–Crippen MR) is 167 cm³/mol. The van der Waals surface area contributed by atoms with Crippen molar-refractivity contribution in [2.45, 2.75) is 0 Å². The third-order valence-corrected chi connectivity index (χ3v) is 7.84. The molecule has 0 heteroatoms. The average Bonchev–Trinajstić information content (AvgIpc) is 2.95. The molecule has 176 valence electrons. The first-order chi connectivity index (χ1) is 18.7. The van der Waals surface area contributed by atoms with Crippen molar-refractivity contribution in [3.05, 3.63) is 145 Å². The SMILES string of the molecule is C(=Cc1ccc2cc3cc4ccccc4cc3cc2c1)c1ccc2cc3cc4ccccc4cc3cc2c1. The summed E-state index contributed by atoms with van der Waals surface area (Å²) in [5.41, 5.74) is 2.42. The predicted octanol–water partition coefficient (Wildman–Crippen LogP) is 10.8. The second-order valence-corrected chi connectivity index (χ2v) is 10.3. The highest BCUT2D eigenvalue weighted by Gasteiger charge is 2.04. The zero-order valence-electron chi connectivity index (χ0n) is 20.9. The molecule has 0 N–H and O–H groups in total. The van der Waals surface area contributed by atoms with E-state index in [1.165, 1.54) is 75.8 Å². The molecule has 8 aromatic rings. The lowest BCUT2D eigenvalue weighted by atomic mass is 9.98. The summed E-state index contributed by atoms with van der Waals surface area (Å²) in [4.78, 5) is 0. The van der Waals surface area contributed by atoms with Gasteiger partial charge in [0.25, 0.3) is 0 Å². The molecule has 0 saturated heterocycles. The quantitative estimate of drug-likeness (QED) is 0.170. The standard InChI is InChI=1S/C38H24/c1-3-7-29-19-37-23-33-15-25(11-13-31(33)21-35(37)17-27(29)5-1)9-10-26-12-14-32-22-36-18-28-6-2-4-8-30(28)20-38(36)24-34(32)16-26/h1-24H. The molecule has 0 heterocycles. The normalized spacial score (nSPS) is 12.1. The molecule has 38 heavy (non-hydrogen) atoms. The maximum atomic E-state index is 2.32. The molecular formula is C38H24. The van der Waals surface area contributed by atoms with Crippen molar-refractivity contribution in [2.24, 2.45) is 0 Å². The Labute approximate surface area is 221 Å². The molecule has 0 amide bonds. The first kappa shape index (κ1) is 21.2. The zero-order chi connectivity index (χ0) is 25.1. The van der Waals surface area contributed by atoms with Gasteiger partial charge in [0.1, 0.15) is 0 Å². The molecule has 0 spiro atoms. The Kier molecular flexibility index (Phi) is 4.62. The van der Waals surface area contributed by atoms with Gasteiger partial charge in [-0.25, -0.2) is 0 Å². The van der Waals surface area contributed by atoms with Crippen molar-refractivity contribution < 1.29 is 0 Å². The number of fused-ring (bicyclic) bond motifs is 6. The zero-order valence-corrected chi connectivity index (χ0v) is 20.9. The smallest absolute Gasteiger partial charge is 0.0171 e. The highest BCUT2D eigenvalue weighted by atomic mass is 14.1. The van der Waals surface area contributed by atoms with Gasteiger partial charge in [-0.05, 0) is 136 Å². The summed E-state index contributed by atoms with van der Waals surface area (Å²) in [5.74, 6) is 0. The second-order valence-electron chi connectivity index (χ2n) is 10.3. The fraction of sp³-hybridized carbons (Fsp3) is 0. The van der Waals surface area contributed by atoms with Crippen LogP contribution in [0.5, 0.6) is 0 Å². The molecule has 8 aromatic carbocycles. The van der Waals surface area contributed by atoms with Gasteiger partial charge >= 0.3 is 0 Å². The number of rotatable bonds is 2. The van der Waals surface area contributed by atoms with Crippen molar-refractivity contribution in [3.63, 3.8) is 0 Å². The van der Waals surface area contributed by atoms with E-state index in [-0.39, 0.29) is 0 Å². The van der Waals surface area contributed by atoms with Gasteiger partial charge in [-0.1, -0.05) is 84.9 Å². The van der Waals surface area contributed by atoms with E-state index in [2.05, 4.69) is 146 Å². The molecule has 8 rings (SSSR count). The Morgan fingerprint density at radius 1 is 0.237 bits per heavy atom. The van der Waals surface area contributed by atoms with Crippen LogP contribution >= 0.6 is 0 Å². The van der Waals surface area contributed by atoms with Gasteiger partial charge in [0, 0.05) is 0 Å². The molecule has 0 aliphatic rings. The molecule has 0 aromatic heterocycles. The summed E-state index contributed by atoms with van der Waals surface area (Å²) in [6, 6.07) is 49.1. The average molecular weight is 481 g/mol. The van der Waals surface area contributed by atoms with Crippen LogP contribution in [0.1, 0.15) is 11.1 Å². The van der Waals surface area contributed by atoms with E-state index in [0.29, 0.717) is 0 Å². The van der Waals surface area contributed by atoms with Crippen LogP contribution in [0, 0.1) is 0 Å². The van der Waals surface area contributed by atoms with E-state index in [0.717, 1.165) is 0 Å². The number of hydrogen-bond acceptors (Lipinski definition) is 0. The van der Waals surface area contributed by atoms with Crippen LogP contribution in [0.3, 0.4) is 0 Å². The molecule has 0 nitrogen and oxygen atoms in total. The third kappa shape index (κ3) is 3.62. The molecule has 0 aliphatic heterocycles. The topological polar surface area (TPSA) is 0 Å². The lowest BCUT2D eigenvalue weighted by molar-refractivity contribution is 1.71. The molecule has 0 unspecified atom stereocenters. The summed E-state index contributed by atoms with van der Waals surface area (Å²) in [7, 11) is 0. The molecule has 0 aliphatic carbocycles. The summed E-state index contributed by atoms with van der Waals surface area (Å²) in [6.45, 7) is 0. The number of hydrogen-bond donors (Lipinski definition) is 0. The molecule has 0 radical (unpaired) electrons. The monoisotopic (exact) mass is 480 g/mol. The fourth-order valence-electron chi connectivity index (χ4n) is 5.82. The minimum absolute atomic E-state index is 1.21. The van der Waals surface area contributed by atoms with Gasteiger partial charge in [0.15, 0.2) is 0 Å². The fourth-order valence-corrected chi connectivity index (χ4v) is 5.82. The Bertz CT molecular complexity index is 2070. The summed E-state index contributed by atoms with van der Waals surface area (Å²) < 4.78 is 0. The summed E-state index contributed by atoms with van der Waals surface area (Å²) >= 11 is 0. The lowest BCUT2D eigenvalue weighted by Gasteiger charge is -2.07. The van der Waals surface area contributed by atoms with Gasteiger partial charge in [-0.2, -0.15) is 0 Å². The van der Waals surface area contributed by atoms with Gasteiger partial charge in [-0.3, -0.25) is 0 Å². The Hall–Kier alpha value is -4.94. The van der Waals surface area contributed by atoms with E-state index >= 15 is 0 Å². The molecule has 0 saturated carbocycles. The van der Waals surface area contributed by atoms with Crippen LogP contribution in [0.4, 0.5) is 0 Å². The van der Waals surface area contributed by atoms with E-state index in [4.69, 9.17) is 0 Å². The van der Waals surface area contributed by atoms with E-state index < -0.39 is 0 Å². The third-order valence-electron chi connectivity index (χ3n) is 7.84. The first-order valence-electron chi connectivity index (χ1n) is 13.2. The van der Waals surface area contributed by atoms with Crippen molar-refractivity contribution in [3.8, 4) is 0 Å². The lowest BCUT2D eigenvalue weighted by Crippen LogP contribution is -1.81. The van der Waals surface area contributed by atoms with Crippen LogP contribution in [0.25, 0.3) is 76.8 Å². The van der Waals surface area contributed by atoms with Crippen molar-refractivity contribution in [1.29, 1.82) is 0 Å². The summed E-state index contributed by atoms with van der Waals surface area (Å²) in [6.07, 6.45) is 4.44. The van der Waals surface area contributed by atoms with Crippen molar-refractivity contribution in [1.82, 2.24) is 0 Å². The Balaban J connectivity index is 1.16. The van der Waals surface area contributed by atoms with Gasteiger partial charge < -0.3 is 0 Å². The molecule has 0 bridgehead atoms. The van der Waals surface area contributed by atoms with Crippen LogP contribution in [-0.4, -0.2) is 0 Å². The second kappa shape index (κ2) is 8.30. The summed E-state index contributed by atoms with van der Waals surface area (Å²) in [5, 5.41) is 15.4. The van der Waals surface area contributed by atoms with Gasteiger partial charge in [0.2, 0.25) is 0 Å². The molecule has 0 atom stereocenters. The van der Waals surface area contributed by atoms with Crippen molar-refractivity contribution >= 4 is 76.8 Å². The van der Waals surface area contributed by atoms with E-state index in [1.807, 2.05) is 0 Å². The largest absolute Gasteiger partial charge is 0.0616 e. The maximum absolute atomic E-state index is 2.32. The minimum Gasteiger partial charge on any atom is -0.0616 e.